The SMILES string of the molecule is CC1(C)OC2C(=O)[C@@H](COCc3ccccc3)O[C@@H]2O1. The fourth-order valence-corrected chi connectivity index (χ4v) is 2.41. The van der Waals surface area contributed by atoms with Crippen LogP contribution in [0.3, 0.4) is 0 Å². The number of carbonyl (C=O) groups excluding carboxylic acids is 1. The van der Waals surface area contributed by atoms with Crippen LogP contribution in [-0.2, 0) is 30.3 Å². The van der Waals surface area contributed by atoms with Gasteiger partial charge in [-0.1, -0.05) is 30.3 Å². The number of rotatable bonds is 4. The second kappa shape index (κ2) is 5.26. The van der Waals surface area contributed by atoms with Gasteiger partial charge in [0.2, 0.25) is 0 Å². The molecule has 1 unspecified atom stereocenters. The molecule has 0 saturated carbocycles. The molecule has 0 spiro atoms. The van der Waals surface area contributed by atoms with Crippen LogP contribution in [0, 0.1) is 0 Å². The van der Waals surface area contributed by atoms with Gasteiger partial charge in [0.1, 0.15) is 6.10 Å². The summed E-state index contributed by atoms with van der Waals surface area (Å²) >= 11 is 0. The van der Waals surface area contributed by atoms with Crippen molar-refractivity contribution in [3.05, 3.63) is 35.9 Å². The van der Waals surface area contributed by atoms with Gasteiger partial charge in [-0.2, -0.15) is 0 Å². The van der Waals surface area contributed by atoms with Gasteiger partial charge in [0.15, 0.2) is 24.0 Å². The molecule has 5 heteroatoms. The summed E-state index contributed by atoms with van der Waals surface area (Å²) in [5.41, 5.74) is 1.06. The molecule has 2 aliphatic heterocycles. The summed E-state index contributed by atoms with van der Waals surface area (Å²) in [4.78, 5) is 12.1. The number of Topliss-reactive ketones (excluding diaryl/α,β-unsaturated/α-hetero) is 1. The standard InChI is InChI=1S/C15H18O5/c1-15(2)19-13-12(16)11(18-14(13)20-15)9-17-8-10-6-4-3-5-7-10/h3-7,11,13-14H,8-9H2,1-2H3/t11-,13?,14-/m1/s1. The molecule has 0 radical (unpaired) electrons. The summed E-state index contributed by atoms with van der Waals surface area (Å²) in [5.74, 6) is -0.866. The highest BCUT2D eigenvalue weighted by atomic mass is 16.8. The molecular formula is C15H18O5. The van der Waals surface area contributed by atoms with Crippen LogP contribution in [0.2, 0.25) is 0 Å². The van der Waals surface area contributed by atoms with Gasteiger partial charge in [0.25, 0.3) is 0 Å². The van der Waals surface area contributed by atoms with E-state index in [0.717, 1.165) is 5.56 Å². The lowest BCUT2D eigenvalue weighted by Gasteiger charge is -2.19. The Hall–Kier alpha value is -1.27. The molecule has 20 heavy (non-hydrogen) atoms. The molecule has 5 nitrogen and oxygen atoms in total. The van der Waals surface area contributed by atoms with Gasteiger partial charge in [0, 0.05) is 0 Å². The molecule has 0 aromatic heterocycles. The van der Waals surface area contributed by atoms with Gasteiger partial charge < -0.3 is 18.9 Å². The van der Waals surface area contributed by atoms with E-state index in [0.29, 0.717) is 6.61 Å². The van der Waals surface area contributed by atoms with Crippen molar-refractivity contribution in [2.24, 2.45) is 0 Å². The number of ketones is 1. The Morgan fingerprint density at radius 2 is 1.95 bits per heavy atom. The molecule has 2 heterocycles. The van der Waals surface area contributed by atoms with E-state index in [4.69, 9.17) is 18.9 Å². The van der Waals surface area contributed by atoms with Crippen molar-refractivity contribution in [1.82, 2.24) is 0 Å². The summed E-state index contributed by atoms with van der Waals surface area (Å²) < 4.78 is 22.1. The highest BCUT2D eigenvalue weighted by Crippen LogP contribution is 2.35. The lowest BCUT2D eigenvalue weighted by atomic mass is 10.2. The minimum Gasteiger partial charge on any atom is -0.374 e. The van der Waals surface area contributed by atoms with Gasteiger partial charge in [-0.25, -0.2) is 0 Å². The Balaban J connectivity index is 1.50. The summed E-state index contributed by atoms with van der Waals surface area (Å²) in [7, 11) is 0. The van der Waals surface area contributed by atoms with Crippen LogP contribution in [-0.4, -0.2) is 36.7 Å². The van der Waals surface area contributed by atoms with E-state index in [9.17, 15) is 4.79 Å². The predicted octanol–water partition coefficient (Wildman–Crippen LogP) is 1.65. The molecule has 3 atom stereocenters. The van der Waals surface area contributed by atoms with Gasteiger partial charge in [-0.15, -0.1) is 0 Å². The minimum absolute atomic E-state index is 0.103. The Morgan fingerprint density at radius 3 is 2.65 bits per heavy atom. The molecule has 0 N–H and O–H groups in total. The van der Waals surface area contributed by atoms with Crippen molar-refractivity contribution < 1.29 is 23.7 Å². The van der Waals surface area contributed by atoms with Crippen molar-refractivity contribution in [1.29, 1.82) is 0 Å². The zero-order valence-electron chi connectivity index (χ0n) is 11.6. The Kier molecular flexibility index (Phi) is 3.60. The maximum atomic E-state index is 12.1. The van der Waals surface area contributed by atoms with Crippen LogP contribution in [0.4, 0.5) is 0 Å². The van der Waals surface area contributed by atoms with Gasteiger partial charge in [-0.3, -0.25) is 4.79 Å². The smallest absolute Gasteiger partial charge is 0.198 e. The maximum absolute atomic E-state index is 12.1. The van der Waals surface area contributed by atoms with E-state index in [-0.39, 0.29) is 12.4 Å². The van der Waals surface area contributed by atoms with E-state index in [1.54, 1.807) is 13.8 Å². The van der Waals surface area contributed by atoms with Crippen LogP contribution in [0.5, 0.6) is 0 Å². The van der Waals surface area contributed by atoms with Gasteiger partial charge >= 0.3 is 0 Å². The van der Waals surface area contributed by atoms with Crippen molar-refractivity contribution in [3.63, 3.8) is 0 Å². The number of carbonyl (C=O) groups is 1. The van der Waals surface area contributed by atoms with Crippen molar-refractivity contribution >= 4 is 5.78 Å². The quantitative estimate of drug-likeness (QED) is 0.838. The topological polar surface area (TPSA) is 54.0 Å². The number of ether oxygens (including phenoxy) is 4. The monoisotopic (exact) mass is 278 g/mol. The van der Waals surface area contributed by atoms with Crippen LogP contribution in [0.15, 0.2) is 30.3 Å². The largest absolute Gasteiger partial charge is 0.374 e. The lowest BCUT2D eigenvalue weighted by Crippen LogP contribution is -2.32. The fraction of sp³-hybridized carbons (Fsp3) is 0.533. The average molecular weight is 278 g/mol. The first kappa shape index (κ1) is 13.7. The number of hydrogen-bond donors (Lipinski definition) is 0. The number of hydrogen-bond acceptors (Lipinski definition) is 5. The molecule has 0 bridgehead atoms. The van der Waals surface area contributed by atoms with Crippen molar-refractivity contribution in [3.8, 4) is 0 Å². The van der Waals surface area contributed by atoms with Crippen LogP contribution >= 0.6 is 0 Å². The van der Waals surface area contributed by atoms with Crippen LogP contribution in [0.25, 0.3) is 0 Å². The predicted molar refractivity (Wildman–Crippen MR) is 69.8 cm³/mol. The second-order valence-corrected chi connectivity index (χ2v) is 5.45. The lowest BCUT2D eigenvalue weighted by molar-refractivity contribution is -0.209. The third kappa shape index (κ3) is 2.76. The summed E-state index contributed by atoms with van der Waals surface area (Å²) in [6.07, 6.45) is -1.84. The van der Waals surface area contributed by atoms with Crippen molar-refractivity contribution in [2.45, 2.75) is 44.7 Å². The molecular weight excluding hydrogens is 260 g/mol. The number of fused-ring (bicyclic) bond motifs is 1. The third-order valence-corrected chi connectivity index (χ3v) is 3.33. The molecule has 2 aliphatic rings. The fourth-order valence-electron chi connectivity index (χ4n) is 2.41. The first-order valence-corrected chi connectivity index (χ1v) is 6.72. The summed E-state index contributed by atoms with van der Waals surface area (Å²) in [5, 5.41) is 0. The summed E-state index contributed by atoms with van der Waals surface area (Å²) in [6.45, 7) is 4.20. The first-order valence-electron chi connectivity index (χ1n) is 6.72. The minimum atomic E-state index is -0.763. The molecule has 1 aromatic rings. The highest BCUT2D eigenvalue weighted by Gasteiger charge is 2.54. The van der Waals surface area contributed by atoms with E-state index in [1.807, 2.05) is 30.3 Å². The zero-order chi connectivity index (χ0) is 14.2. The molecule has 3 rings (SSSR count). The van der Waals surface area contributed by atoms with Crippen molar-refractivity contribution in [2.75, 3.05) is 6.61 Å². The summed E-state index contributed by atoms with van der Waals surface area (Å²) in [6, 6.07) is 9.79. The van der Waals surface area contributed by atoms with Crippen LogP contribution < -0.4 is 0 Å². The Bertz CT molecular complexity index is 484. The molecule has 2 fully saturated rings. The first-order chi connectivity index (χ1) is 9.55. The van der Waals surface area contributed by atoms with E-state index in [2.05, 4.69) is 0 Å². The number of benzene rings is 1. The average Bonchev–Trinajstić information content (AvgIpc) is 2.86. The molecule has 1 aromatic carbocycles. The Labute approximate surface area is 117 Å². The maximum Gasteiger partial charge on any atom is 0.198 e. The molecule has 0 aliphatic carbocycles. The van der Waals surface area contributed by atoms with E-state index in [1.165, 1.54) is 0 Å². The molecule has 2 saturated heterocycles. The molecule has 0 amide bonds. The molecule has 108 valence electrons. The third-order valence-electron chi connectivity index (χ3n) is 3.33. The van der Waals surface area contributed by atoms with E-state index >= 15 is 0 Å². The normalized spacial score (nSPS) is 31.5. The second-order valence-electron chi connectivity index (χ2n) is 5.45. The van der Waals surface area contributed by atoms with Gasteiger partial charge in [-0.05, 0) is 19.4 Å². The zero-order valence-corrected chi connectivity index (χ0v) is 11.6. The van der Waals surface area contributed by atoms with Gasteiger partial charge in [0.05, 0.1) is 13.2 Å². The highest BCUT2D eigenvalue weighted by molar-refractivity contribution is 5.90. The van der Waals surface area contributed by atoms with Crippen LogP contribution in [0.1, 0.15) is 19.4 Å². The Morgan fingerprint density at radius 1 is 1.20 bits per heavy atom. The van der Waals surface area contributed by atoms with E-state index < -0.39 is 24.3 Å².